The molecule has 1 heterocycles. The van der Waals surface area contributed by atoms with Crippen LogP contribution in [0, 0.1) is 5.92 Å². The van der Waals surface area contributed by atoms with Crippen LogP contribution in [0.1, 0.15) is 17.5 Å². The number of nitrogens with one attached hydrogen (secondary N) is 2. The van der Waals surface area contributed by atoms with Gasteiger partial charge in [0.2, 0.25) is 11.8 Å². The third-order valence-electron chi connectivity index (χ3n) is 6.14. The zero-order chi connectivity index (χ0) is 28.0. The Bertz CT molecular complexity index is 1330. The summed E-state index contributed by atoms with van der Waals surface area (Å²) in [5.41, 5.74) is 0.567. The highest BCUT2D eigenvalue weighted by molar-refractivity contribution is 6.33. The lowest BCUT2D eigenvalue weighted by molar-refractivity contribution is -0.137. The van der Waals surface area contributed by atoms with Crippen LogP contribution >= 0.6 is 11.6 Å². The molecule has 3 aromatic rings. The maximum atomic E-state index is 12.9. The van der Waals surface area contributed by atoms with Crippen LogP contribution in [0.5, 0.6) is 5.75 Å². The van der Waals surface area contributed by atoms with Gasteiger partial charge < -0.3 is 20.3 Å². The van der Waals surface area contributed by atoms with Crippen LogP contribution < -0.4 is 20.3 Å². The molecular weight excluding hydrogens is 535 g/mol. The molecule has 39 heavy (non-hydrogen) atoms. The van der Waals surface area contributed by atoms with Gasteiger partial charge in [-0.05, 0) is 54.4 Å². The Morgan fingerprint density at radius 3 is 2.44 bits per heavy atom. The second kappa shape index (κ2) is 12.2. The Balaban J connectivity index is 1.26. The normalized spacial score (nSPS) is 15.2. The molecule has 3 amide bonds. The third kappa shape index (κ3) is 7.51. The molecule has 1 aliphatic heterocycles. The Kier molecular flexibility index (Phi) is 8.75. The molecule has 7 nitrogen and oxygen atoms in total. The summed E-state index contributed by atoms with van der Waals surface area (Å²) in [7, 11) is 0. The van der Waals surface area contributed by atoms with Crippen molar-refractivity contribution in [2.75, 3.05) is 29.9 Å². The van der Waals surface area contributed by atoms with Crippen LogP contribution in [-0.4, -0.2) is 37.4 Å². The van der Waals surface area contributed by atoms with E-state index < -0.39 is 30.2 Å². The molecule has 2 N–H and O–H groups in total. The zero-order valence-corrected chi connectivity index (χ0v) is 21.4. The number of benzene rings is 3. The standard InChI is InChI=1S/C28H25ClF3N3O4/c29-23-11-6-20(28(30,31)32)15-24(23)34-25(36)17-39-22-9-7-21(8-10-22)35-16-19(14-26(35)37)27(38)33-13-12-18-4-2-1-3-5-18/h1-11,15,19H,12-14,16-17H2,(H,33,38)(H,34,36)/t19-/m0/s1. The first kappa shape index (κ1) is 28.0. The van der Waals surface area contributed by atoms with Gasteiger partial charge in [-0.3, -0.25) is 14.4 Å². The minimum Gasteiger partial charge on any atom is -0.484 e. The Morgan fingerprint density at radius 2 is 1.74 bits per heavy atom. The second-order valence-corrected chi connectivity index (χ2v) is 9.36. The van der Waals surface area contributed by atoms with E-state index in [1.54, 1.807) is 24.3 Å². The van der Waals surface area contributed by atoms with Crippen LogP contribution in [0.3, 0.4) is 0 Å². The Labute approximate surface area is 227 Å². The predicted molar refractivity (Wildman–Crippen MR) is 141 cm³/mol. The van der Waals surface area contributed by atoms with Crippen LogP contribution in [0.2, 0.25) is 5.02 Å². The van der Waals surface area contributed by atoms with E-state index >= 15 is 0 Å². The first-order valence-electron chi connectivity index (χ1n) is 12.1. The largest absolute Gasteiger partial charge is 0.484 e. The number of halogens is 4. The summed E-state index contributed by atoms with van der Waals surface area (Å²) in [4.78, 5) is 38.8. The van der Waals surface area contributed by atoms with Crippen molar-refractivity contribution >= 4 is 40.7 Å². The highest BCUT2D eigenvalue weighted by atomic mass is 35.5. The predicted octanol–water partition coefficient (Wildman–Crippen LogP) is 5.09. The number of hydrogen-bond donors (Lipinski definition) is 2. The first-order valence-corrected chi connectivity index (χ1v) is 12.5. The van der Waals surface area contributed by atoms with E-state index in [0.717, 1.165) is 23.8 Å². The molecule has 1 saturated heterocycles. The molecule has 1 atom stereocenters. The minimum absolute atomic E-state index is 0.0424. The minimum atomic E-state index is -4.58. The monoisotopic (exact) mass is 559 g/mol. The molecule has 0 saturated carbocycles. The number of carbonyl (C=O) groups excluding carboxylic acids is 3. The number of rotatable bonds is 9. The lowest BCUT2D eigenvalue weighted by Crippen LogP contribution is -2.34. The molecule has 204 valence electrons. The van der Waals surface area contributed by atoms with Crippen LogP contribution in [0.25, 0.3) is 0 Å². The van der Waals surface area contributed by atoms with Gasteiger partial charge in [-0.2, -0.15) is 13.2 Å². The van der Waals surface area contributed by atoms with Crippen molar-refractivity contribution in [2.45, 2.75) is 19.0 Å². The summed E-state index contributed by atoms with van der Waals surface area (Å²) in [6, 6.07) is 18.8. The zero-order valence-electron chi connectivity index (χ0n) is 20.6. The molecule has 0 aromatic heterocycles. The average Bonchev–Trinajstić information content (AvgIpc) is 3.30. The number of ether oxygens (including phenoxy) is 1. The number of hydrogen-bond acceptors (Lipinski definition) is 4. The van der Waals surface area contributed by atoms with Crippen molar-refractivity contribution in [2.24, 2.45) is 5.92 Å². The van der Waals surface area contributed by atoms with Gasteiger partial charge >= 0.3 is 6.18 Å². The average molecular weight is 560 g/mol. The van der Waals surface area contributed by atoms with E-state index in [4.69, 9.17) is 16.3 Å². The maximum Gasteiger partial charge on any atom is 0.416 e. The van der Waals surface area contributed by atoms with Crippen molar-refractivity contribution in [3.8, 4) is 5.75 Å². The number of alkyl halides is 3. The topological polar surface area (TPSA) is 87.7 Å². The SMILES string of the molecule is O=C(COc1ccc(N2C[C@@H](C(=O)NCCc3ccccc3)CC2=O)cc1)Nc1cc(C(F)(F)F)ccc1Cl. The molecule has 1 fully saturated rings. The fourth-order valence-corrected chi connectivity index (χ4v) is 4.27. The highest BCUT2D eigenvalue weighted by Gasteiger charge is 2.35. The van der Waals surface area contributed by atoms with Crippen LogP contribution in [0.15, 0.2) is 72.8 Å². The number of carbonyl (C=O) groups is 3. The molecule has 11 heteroatoms. The van der Waals surface area contributed by atoms with Gasteiger partial charge in [-0.1, -0.05) is 41.9 Å². The molecule has 0 unspecified atom stereocenters. The van der Waals surface area contributed by atoms with Crippen molar-refractivity contribution in [3.63, 3.8) is 0 Å². The van der Waals surface area contributed by atoms with E-state index in [1.807, 2.05) is 30.3 Å². The fourth-order valence-electron chi connectivity index (χ4n) is 4.11. The smallest absolute Gasteiger partial charge is 0.416 e. The number of amides is 3. The summed E-state index contributed by atoms with van der Waals surface area (Å²) in [6.07, 6.45) is -3.78. The first-order chi connectivity index (χ1) is 18.6. The summed E-state index contributed by atoms with van der Waals surface area (Å²) in [6.45, 7) is 0.253. The van der Waals surface area contributed by atoms with Crippen molar-refractivity contribution in [3.05, 3.63) is 88.9 Å². The van der Waals surface area contributed by atoms with Gasteiger partial charge in [0, 0.05) is 25.2 Å². The maximum absolute atomic E-state index is 12.9. The number of anilines is 2. The third-order valence-corrected chi connectivity index (χ3v) is 6.47. The quantitative estimate of drug-likeness (QED) is 0.382. The molecular formula is C28H25ClF3N3O4. The highest BCUT2D eigenvalue weighted by Crippen LogP contribution is 2.34. The lowest BCUT2D eigenvalue weighted by Gasteiger charge is -2.17. The summed E-state index contributed by atoms with van der Waals surface area (Å²) < 4.78 is 44.2. The van der Waals surface area contributed by atoms with Gasteiger partial charge in [-0.15, -0.1) is 0 Å². The van der Waals surface area contributed by atoms with Crippen LogP contribution in [0.4, 0.5) is 24.5 Å². The Hall–Kier alpha value is -4.05. The van der Waals surface area contributed by atoms with E-state index in [2.05, 4.69) is 10.6 Å². The number of nitrogens with zero attached hydrogens (tertiary/aromatic N) is 1. The lowest BCUT2D eigenvalue weighted by atomic mass is 10.1. The molecule has 3 aromatic carbocycles. The second-order valence-electron chi connectivity index (χ2n) is 8.96. The van der Waals surface area contributed by atoms with E-state index in [1.165, 1.54) is 4.90 Å². The molecule has 0 radical (unpaired) electrons. The van der Waals surface area contributed by atoms with Crippen molar-refractivity contribution in [1.82, 2.24) is 5.32 Å². The summed E-state index contributed by atoms with van der Waals surface area (Å²) in [5, 5.41) is 5.16. The Morgan fingerprint density at radius 1 is 1.03 bits per heavy atom. The van der Waals surface area contributed by atoms with Crippen LogP contribution in [-0.2, 0) is 27.0 Å². The molecule has 0 aliphatic carbocycles. The van der Waals surface area contributed by atoms with Gasteiger partial charge in [0.15, 0.2) is 6.61 Å². The van der Waals surface area contributed by atoms with Gasteiger partial charge in [0.05, 0.1) is 22.2 Å². The summed E-state index contributed by atoms with van der Waals surface area (Å²) in [5.74, 6) is -1.20. The van der Waals surface area contributed by atoms with Crippen molar-refractivity contribution in [1.29, 1.82) is 0 Å². The van der Waals surface area contributed by atoms with E-state index in [-0.39, 0.29) is 35.5 Å². The molecule has 1 aliphatic rings. The fraction of sp³-hybridized carbons (Fsp3) is 0.250. The molecule has 0 bridgehead atoms. The van der Waals surface area contributed by atoms with Gasteiger partial charge in [-0.25, -0.2) is 0 Å². The molecule has 0 spiro atoms. The van der Waals surface area contributed by atoms with E-state index in [0.29, 0.717) is 24.4 Å². The van der Waals surface area contributed by atoms with Gasteiger partial charge in [0.25, 0.3) is 5.91 Å². The molecule has 4 rings (SSSR count). The van der Waals surface area contributed by atoms with E-state index in [9.17, 15) is 27.6 Å². The van der Waals surface area contributed by atoms with Gasteiger partial charge in [0.1, 0.15) is 5.75 Å². The van der Waals surface area contributed by atoms with Crippen molar-refractivity contribution < 1.29 is 32.3 Å². The summed E-state index contributed by atoms with van der Waals surface area (Å²) >= 11 is 5.90.